The van der Waals surface area contributed by atoms with E-state index in [1.165, 1.54) is 5.56 Å². The van der Waals surface area contributed by atoms with Gasteiger partial charge < -0.3 is 4.74 Å². The van der Waals surface area contributed by atoms with Gasteiger partial charge >= 0.3 is 0 Å². The molecule has 0 bridgehead atoms. The van der Waals surface area contributed by atoms with Crippen molar-refractivity contribution >= 4 is 6.08 Å². The molecule has 0 heterocycles. The van der Waals surface area contributed by atoms with Gasteiger partial charge in [-0.1, -0.05) is 42.5 Å². The zero-order valence-electron chi connectivity index (χ0n) is 7.53. The van der Waals surface area contributed by atoms with Gasteiger partial charge in [-0.25, -0.2) is 0 Å². The summed E-state index contributed by atoms with van der Waals surface area (Å²) in [5, 5.41) is 0. The van der Waals surface area contributed by atoms with Crippen molar-refractivity contribution in [3.63, 3.8) is 0 Å². The first-order chi connectivity index (χ1) is 5.83. The normalized spacial score (nSPS) is 13.5. The van der Waals surface area contributed by atoms with E-state index in [1.54, 1.807) is 7.11 Å². The highest BCUT2D eigenvalue weighted by Gasteiger charge is 1.89. The summed E-state index contributed by atoms with van der Waals surface area (Å²) in [6, 6.07) is 10.2. The molecule has 0 aliphatic rings. The largest absolute Gasteiger partial charge is 0.378 e. The lowest BCUT2D eigenvalue weighted by Crippen LogP contribution is -1.98. The van der Waals surface area contributed by atoms with Crippen molar-refractivity contribution in [2.45, 2.75) is 13.0 Å². The van der Waals surface area contributed by atoms with Crippen LogP contribution in [0.2, 0.25) is 0 Å². The van der Waals surface area contributed by atoms with Gasteiger partial charge in [-0.15, -0.1) is 0 Å². The summed E-state index contributed by atoms with van der Waals surface area (Å²) in [6.07, 6.45) is 4.29. The van der Waals surface area contributed by atoms with Gasteiger partial charge in [0, 0.05) is 7.11 Å². The van der Waals surface area contributed by atoms with Crippen LogP contribution in [-0.4, -0.2) is 13.2 Å². The lowest BCUT2D eigenvalue weighted by molar-refractivity contribution is 0.157. The topological polar surface area (TPSA) is 9.23 Å². The van der Waals surface area contributed by atoms with Crippen LogP contribution in [0.15, 0.2) is 36.4 Å². The lowest BCUT2D eigenvalue weighted by atomic mass is 10.2. The van der Waals surface area contributed by atoms with E-state index in [9.17, 15) is 0 Å². The molecule has 12 heavy (non-hydrogen) atoms. The van der Waals surface area contributed by atoms with Crippen molar-refractivity contribution in [1.82, 2.24) is 0 Å². The molecule has 0 N–H and O–H groups in total. The summed E-state index contributed by atoms with van der Waals surface area (Å²) in [7, 11) is 1.71. The average molecular weight is 162 g/mol. The molecule has 0 aliphatic carbocycles. The number of benzene rings is 1. The number of hydrogen-bond donors (Lipinski definition) is 0. The average Bonchev–Trinajstić information content (AvgIpc) is 2.16. The molecule has 0 spiro atoms. The number of hydrogen-bond acceptors (Lipinski definition) is 1. The van der Waals surface area contributed by atoms with Crippen LogP contribution in [-0.2, 0) is 4.74 Å². The molecular formula is C11H14O. The fraction of sp³-hybridized carbons (Fsp3) is 0.273. The van der Waals surface area contributed by atoms with E-state index < -0.39 is 0 Å². The molecule has 0 radical (unpaired) electrons. The van der Waals surface area contributed by atoms with Crippen LogP contribution in [0, 0.1) is 0 Å². The molecule has 0 saturated carbocycles. The van der Waals surface area contributed by atoms with E-state index in [2.05, 4.69) is 18.2 Å². The third kappa shape index (κ3) is 2.89. The predicted molar refractivity (Wildman–Crippen MR) is 51.9 cm³/mol. The van der Waals surface area contributed by atoms with Crippen LogP contribution in [0.25, 0.3) is 6.08 Å². The third-order valence-corrected chi connectivity index (χ3v) is 1.73. The van der Waals surface area contributed by atoms with Crippen LogP contribution in [0.1, 0.15) is 12.5 Å². The summed E-state index contributed by atoms with van der Waals surface area (Å²) >= 11 is 0. The Morgan fingerprint density at radius 3 is 2.50 bits per heavy atom. The molecule has 1 nitrogen and oxygen atoms in total. The van der Waals surface area contributed by atoms with Crippen molar-refractivity contribution < 1.29 is 4.74 Å². The first-order valence-corrected chi connectivity index (χ1v) is 4.09. The third-order valence-electron chi connectivity index (χ3n) is 1.73. The smallest absolute Gasteiger partial charge is 0.0727 e. The molecule has 1 rings (SSSR count). The van der Waals surface area contributed by atoms with Crippen LogP contribution in [0.3, 0.4) is 0 Å². The van der Waals surface area contributed by atoms with Crippen LogP contribution in [0.4, 0.5) is 0 Å². The molecule has 0 aliphatic heterocycles. The molecule has 0 amide bonds. The molecule has 0 aromatic heterocycles. The highest BCUT2D eigenvalue weighted by molar-refractivity contribution is 5.49. The SMILES string of the molecule is CO[C@H](C)/C=C/c1ccccc1. The minimum atomic E-state index is 0.185. The van der Waals surface area contributed by atoms with Gasteiger partial charge in [0.05, 0.1) is 6.10 Å². The van der Waals surface area contributed by atoms with Gasteiger partial charge in [0.1, 0.15) is 0 Å². The van der Waals surface area contributed by atoms with Gasteiger partial charge in [-0.3, -0.25) is 0 Å². The second-order valence-corrected chi connectivity index (χ2v) is 2.71. The molecule has 1 atom stereocenters. The first-order valence-electron chi connectivity index (χ1n) is 4.09. The van der Waals surface area contributed by atoms with Gasteiger partial charge in [0.25, 0.3) is 0 Å². The molecule has 64 valence electrons. The van der Waals surface area contributed by atoms with Gasteiger partial charge in [-0.05, 0) is 12.5 Å². The maximum atomic E-state index is 5.09. The van der Waals surface area contributed by atoms with Crippen molar-refractivity contribution in [1.29, 1.82) is 0 Å². The Morgan fingerprint density at radius 1 is 1.25 bits per heavy atom. The lowest BCUT2D eigenvalue weighted by Gasteiger charge is -2.00. The zero-order chi connectivity index (χ0) is 8.81. The number of methoxy groups -OCH3 is 1. The van der Waals surface area contributed by atoms with E-state index in [1.807, 2.05) is 31.2 Å². The van der Waals surface area contributed by atoms with Crippen LogP contribution in [0.5, 0.6) is 0 Å². The summed E-state index contributed by atoms with van der Waals surface area (Å²) in [5.41, 5.74) is 1.21. The van der Waals surface area contributed by atoms with E-state index in [0.717, 1.165) is 0 Å². The summed E-state index contributed by atoms with van der Waals surface area (Å²) in [4.78, 5) is 0. The molecular weight excluding hydrogens is 148 g/mol. The van der Waals surface area contributed by atoms with Crippen molar-refractivity contribution in [3.8, 4) is 0 Å². The van der Waals surface area contributed by atoms with Crippen molar-refractivity contribution in [2.75, 3.05) is 7.11 Å². The fourth-order valence-electron chi connectivity index (χ4n) is 0.889. The maximum absolute atomic E-state index is 5.09. The second-order valence-electron chi connectivity index (χ2n) is 2.71. The van der Waals surface area contributed by atoms with Crippen molar-refractivity contribution in [3.05, 3.63) is 42.0 Å². The number of rotatable bonds is 3. The predicted octanol–water partition coefficient (Wildman–Crippen LogP) is 2.73. The highest BCUT2D eigenvalue weighted by Crippen LogP contribution is 2.02. The van der Waals surface area contributed by atoms with E-state index >= 15 is 0 Å². The standard InChI is InChI=1S/C11H14O/c1-10(12-2)8-9-11-6-4-3-5-7-11/h3-10H,1-2H3/b9-8+/t10-/m1/s1. The highest BCUT2D eigenvalue weighted by atomic mass is 16.5. The molecule has 1 heteroatoms. The van der Waals surface area contributed by atoms with Crippen molar-refractivity contribution in [2.24, 2.45) is 0 Å². The van der Waals surface area contributed by atoms with Gasteiger partial charge in [0.15, 0.2) is 0 Å². The Kier molecular flexibility index (Phi) is 3.55. The number of ether oxygens (including phenoxy) is 1. The molecule has 0 fully saturated rings. The summed E-state index contributed by atoms with van der Waals surface area (Å²) in [6.45, 7) is 2.01. The minimum absolute atomic E-state index is 0.185. The maximum Gasteiger partial charge on any atom is 0.0727 e. The Labute approximate surface area is 73.7 Å². The van der Waals surface area contributed by atoms with Crippen LogP contribution >= 0.6 is 0 Å². The fourth-order valence-corrected chi connectivity index (χ4v) is 0.889. The van der Waals surface area contributed by atoms with Crippen LogP contribution < -0.4 is 0 Å². The van der Waals surface area contributed by atoms with Gasteiger partial charge in [-0.2, -0.15) is 0 Å². The quantitative estimate of drug-likeness (QED) is 0.664. The molecule has 1 aromatic rings. The Balaban J connectivity index is 2.58. The minimum Gasteiger partial charge on any atom is -0.378 e. The van der Waals surface area contributed by atoms with E-state index in [-0.39, 0.29) is 6.10 Å². The summed E-state index contributed by atoms with van der Waals surface area (Å²) in [5.74, 6) is 0. The molecule has 0 saturated heterocycles. The zero-order valence-corrected chi connectivity index (χ0v) is 7.53. The summed E-state index contributed by atoms with van der Waals surface area (Å²) < 4.78 is 5.09. The van der Waals surface area contributed by atoms with E-state index in [0.29, 0.717) is 0 Å². The second kappa shape index (κ2) is 4.73. The monoisotopic (exact) mass is 162 g/mol. The van der Waals surface area contributed by atoms with Gasteiger partial charge in [0.2, 0.25) is 0 Å². The van der Waals surface area contributed by atoms with E-state index in [4.69, 9.17) is 4.74 Å². The Hall–Kier alpha value is -1.08. The first kappa shape index (κ1) is 9.01. The molecule has 1 aromatic carbocycles. The Morgan fingerprint density at radius 2 is 1.92 bits per heavy atom. The molecule has 0 unspecified atom stereocenters. The Bertz CT molecular complexity index is 238.